The Morgan fingerprint density at radius 1 is 1.13 bits per heavy atom. The monoisotopic (exact) mass is 393 g/mol. The molecule has 0 spiro atoms. The molecular weight excluding hydrogens is 382 g/mol. The molecule has 2 heterocycles. The summed E-state index contributed by atoms with van der Waals surface area (Å²) in [5.74, 6) is 0. The van der Waals surface area contributed by atoms with Gasteiger partial charge in [0.2, 0.25) is 10.0 Å². The molecule has 0 radical (unpaired) electrons. The molecule has 0 atom stereocenters. The molecule has 7 nitrogen and oxygen atoms in total. The van der Waals surface area contributed by atoms with Crippen molar-refractivity contribution >= 4 is 26.0 Å². The normalized spacial score (nSPS) is 11.5. The number of benzene rings is 1. The van der Waals surface area contributed by atoms with Gasteiger partial charge in [0.25, 0.3) is 0 Å². The molecule has 118 valence electrons. The van der Waals surface area contributed by atoms with E-state index in [0.29, 0.717) is 10.2 Å². The van der Waals surface area contributed by atoms with Gasteiger partial charge in [0.15, 0.2) is 0 Å². The Morgan fingerprint density at radius 3 is 2.61 bits per heavy atom. The van der Waals surface area contributed by atoms with Crippen LogP contribution in [0.3, 0.4) is 0 Å². The predicted molar refractivity (Wildman–Crippen MR) is 87.3 cm³/mol. The van der Waals surface area contributed by atoms with Crippen LogP contribution in [-0.2, 0) is 16.6 Å². The van der Waals surface area contributed by atoms with E-state index in [1.807, 2.05) is 0 Å². The molecule has 0 aliphatic heterocycles. The first-order chi connectivity index (χ1) is 11.1. The van der Waals surface area contributed by atoms with Crippen molar-refractivity contribution in [2.75, 3.05) is 0 Å². The van der Waals surface area contributed by atoms with Gasteiger partial charge in [-0.3, -0.25) is 4.98 Å². The van der Waals surface area contributed by atoms with Crippen molar-refractivity contribution in [3.63, 3.8) is 0 Å². The van der Waals surface area contributed by atoms with Gasteiger partial charge >= 0.3 is 0 Å². The van der Waals surface area contributed by atoms with E-state index >= 15 is 0 Å². The Balaban J connectivity index is 1.74. The van der Waals surface area contributed by atoms with Crippen molar-refractivity contribution in [2.45, 2.75) is 11.4 Å². The topological polar surface area (TPSA) is 89.8 Å². The van der Waals surface area contributed by atoms with E-state index in [2.05, 4.69) is 35.9 Å². The Bertz CT molecular complexity index is 912. The lowest BCUT2D eigenvalue weighted by atomic mass is 10.4. The predicted octanol–water partition coefficient (Wildman–Crippen LogP) is 1.90. The zero-order valence-electron chi connectivity index (χ0n) is 11.8. The van der Waals surface area contributed by atoms with Crippen molar-refractivity contribution in [1.29, 1.82) is 0 Å². The molecule has 0 saturated carbocycles. The van der Waals surface area contributed by atoms with Gasteiger partial charge in [0.05, 0.1) is 29.0 Å². The van der Waals surface area contributed by atoms with Crippen LogP contribution in [0.4, 0.5) is 0 Å². The molecule has 0 aliphatic carbocycles. The van der Waals surface area contributed by atoms with Gasteiger partial charge < -0.3 is 0 Å². The van der Waals surface area contributed by atoms with Crippen LogP contribution in [0.2, 0.25) is 0 Å². The third-order valence-electron chi connectivity index (χ3n) is 3.04. The first-order valence-electron chi connectivity index (χ1n) is 6.62. The lowest BCUT2D eigenvalue weighted by Gasteiger charge is -2.06. The highest BCUT2D eigenvalue weighted by Gasteiger charge is 2.17. The van der Waals surface area contributed by atoms with Crippen LogP contribution in [0.5, 0.6) is 0 Å². The number of pyridine rings is 1. The average molecular weight is 394 g/mol. The second kappa shape index (κ2) is 6.57. The molecule has 1 aromatic carbocycles. The molecule has 0 fully saturated rings. The zero-order valence-corrected chi connectivity index (χ0v) is 14.2. The molecule has 0 bridgehead atoms. The van der Waals surface area contributed by atoms with Gasteiger partial charge in [-0.1, -0.05) is 17.3 Å². The molecule has 0 amide bonds. The number of hydrogen-bond acceptors (Lipinski definition) is 5. The van der Waals surface area contributed by atoms with E-state index in [4.69, 9.17) is 0 Å². The fourth-order valence-corrected chi connectivity index (χ4v) is 3.91. The maximum atomic E-state index is 12.3. The maximum absolute atomic E-state index is 12.3. The lowest BCUT2D eigenvalue weighted by molar-refractivity contribution is 0.580. The minimum absolute atomic E-state index is 0.0503. The van der Waals surface area contributed by atoms with E-state index < -0.39 is 10.0 Å². The quantitative estimate of drug-likeness (QED) is 0.714. The van der Waals surface area contributed by atoms with E-state index in [1.54, 1.807) is 53.6 Å². The van der Waals surface area contributed by atoms with Crippen molar-refractivity contribution < 1.29 is 8.42 Å². The van der Waals surface area contributed by atoms with E-state index in [9.17, 15) is 8.42 Å². The highest BCUT2D eigenvalue weighted by molar-refractivity contribution is 9.10. The number of aromatic nitrogens is 4. The van der Waals surface area contributed by atoms with E-state index in [-0.39, 0.29) is 11.4 Å². The maximum Gasteiger partial charge on any atom is 0.242 e. The molecule has 3 aromatic rings. The fourth-order valence-electron chi connectivity index (χ4n) is 1.91. The Hall–Kier alpha value is -2.10. The molecule has 0 aliphatic rings. The summed E-state index contributed by atoms with van der Waals surface area (Å²) in [6, 6.07) is 10.2. The van der Waals surface area contributed by atoms with Crippen LogP contribution in [0, 0.1) is 0 Å². The van der Waals surface area contributed by atoms with Gasteiger partial charge in [-0.2, -0.15) is 0 Å². The van der Waals surface area contributed by atoms with E-state index in [0.717, 1.165) is 5.69 Å². The molecule has 2 aromatic heterocycles. The number of nitrogens with one attached hydrogen (secondary N) is 1. The summed E-state index contributed by atoms with van der Waals surface area (Å²) in [6.07, 6.45) is 4.95. The number of rotatable bonds is 5. The summed E-state index contributed by atoms with van der Waals surface area (Å²) in [7, 11) is -3.63. The Morgan fingerprint density at radius 2 is 1.87 bits per heavy atom. The molecule has 0 unspecified atom stereocenters. The fraction of sp³-hybridized carbons (Fsp3) is 0.0714. The smallest absolute Gasteiger partial charge is 0.242 e. The third kappa shape index (κ3) is 3.63. The number of sulfonamides is 1. The molecule has 23 heavy (non-hydrogen) atoms. The summed E-state index contributed by atoms with van der Waals surface area (Å²) >= 11 is 3.24. The van der Waals surface area contributed by atoms with Crippen LogP contribution in [-0.4, -0.2) is 28.4 Å². The lowest BCUT2D eigenvalue weighted by Crippen LogP contribution is -2.23. The van der Waals surface area contributed by atoms with Crippen LogP contribution in [0.1, 0.15) is 5.69 Å². The highest BCUT2D eigenvalue weighted by atomic mass is 79.9. The van der Waals surface area contributed by atoms with Crippen LogP contribution < -0.4 is 4.72 Å². The third-order valence-corrected chi connectivity index (χ3v) is 5.45. The molecular formula is C14H12BrN5O2S. The molecule has 1 N–H and O–H groups in total. The van der Waals surface area contributed by atoms with Crippen molar-refractivity contribution in [3.05, 3.63) is 65.2 Å². The van der Waals surface area contributed by atoms with Crippen molar-refractivity contribution in [2.24, 2.45) is 0 Å². The van der Waals surface area contributed by atoms with Gasteiger partial charge in [-0.05, 0) is 40.2 Å². The summed E-state index contributed by atoms with van der Waals surface area (Å²) in [5, 5.41) is 7.94. The highest BCUT2D eigenvalue weighted by Crippen LogP contribution is 2.21. The van der Waals surface area contributed by atoms with Crippen molar-refractivity contribution in [1.82, 2.24) is 24.7 Å². The number of halogens is 1. The Kier molecular flexibility index (Phi) is 4.51. The molecule has 3 rings (SSSR count). The van der Waals surface area contributed by atoms with E-state index in [1.165, 1.54) is 6.07 Å². The Labute approximate surface area is 141 Å². The van der Waals surface area contributed by atoms with Crippen LogP contribution in [0.25, 0.3) is 5.69 Å². The van der Waals surface area contributed by atoms with Gasteiger partial charge in [0.1, 0.15) is 0 Å². The SMILES string of the molecule is O=S(=O)(NCc1cn(-c2ccncc2)nn1)c1ccccc1Br. The van der Waals surface area contributed by atoms with Gasteiger partial charge in [0, 0.05) is 16.9 Å². The summed E-state index contributed by atoms with van der Waals surface area (Å²) in [4.78, 5) is 4.11. The minimum Gasteiger partial charge on any atom is -0.265 e. The molecule has 0 saturated heterocycles. The minimum atomic E-state index is -3.63. The number of hydrogen-bond donors (Lipinski definition) is 1. The second-order valence-electron chi connectivity index (χ2n) is 4.61. The zero-order chi connectivity index (χ0) is 16.3. The molecule has 9 heteroatoms. The first-order valence-corrected chi connectivity index (χ1v) is 8.90. The summed E-state index contributed by atoms with van der Waals surface area (Å²) in [6.45, 7) is 0.0503. The summed E-state index contributed by atoms with van der Waals surface area (Å²) < 4.78 is 29.2. The summed E-state index contributed by atoms with van der Waals surface area (Å²) in [5.41, 5.74) is 1.31. The van der Waals surface area contributed by atoms with Crippen LogP contribution >= 0.6 is 15.9 Å². The van der Waals surface area contributed by atoms with Gasteiger partial charge in [-0.25, -0.2) is 17.8 Å². The largest absolute Gasteiger partial charge is 0.265 e. The van der Waals surface area contributed by atoms with Gasteiger partial charge in [-0.15, -0.1) is 5.10 Å². The van der Waals surface area contributed by atoms with Crippen molar-refractivity contribution in [3.8, 4) is 5.69 Å². The average Bonchev–Trinajstić information content (AvgIpc) is 3.03. The second-order valence-corrected chi connectivity index (χ2v) is 7.20. The first kappa shape index (κ1) is 15.8. The standard InChI is InChI=1S/C14H12BrN5O2S/c15-13-3-1-2-4-14(13)23(21,22)17-9-11-10-20(19-18-11)12-5-7-16-8-6-12/h1-8,10,17H,9H2. The number of nitrogens with zero attached hydrogens (tertiary/aromatic N) is 4. The van der Waals surface area contributed by atoms with Crippen LogP contribution in [0.15, 0.2) is 64.4 Å².